The molecule has 0 spiro atoms. The number of carbonyl (C=O) groups is 10. The minimum Gasteiger partial charge on any atom is -0.508 e. The molecule has 33 heteroatoms. The lowest BCUT2D eigenvalue weighted by molar-refractivity contribution is -0.162. The summed E-state index contributed by atoms with van der Waals surface area (Å²) in [7, 11) is 0. The number of amides is 7. The van der Waals surface area contributed by atoms with E-state index in [1.165, 1.54) is 48.5 Å². The van der Waals surface area contributed by atoms with Crippen LogP contribution in [0.1, 0.15) is 109 Å². The van der Waals surface area contributed by atoms with Gasteiger partial charge in [-0.15, -0.1) is 0 Å². The van der Waals surface area contributed by atoms with Gasteiger partial charge >= 0.3 is 24.0 Å². The number of hydrogen-bond acceptors (Lipinski definition) is 24. The Morgan fingerprint density at radius 3 is 1.77 bits per heavy atom. The third-order valence-electron chi connectivity index (χ3n) is 17.3. The number of carbonyl (C=O) groups excluding carboxylic acids is 10. The van der Waals surface area contributed by atoms with E-state index in [0.29, 0.717) is 0 Å². The molecule has 17 bridgehead atoms. The van der Waals surface area contributed by atoms with Gasteiger partial charge in [0.1, 0.15) is 88.2 Å². The van der Waals surface area contributed by atoms with Gasteiger partial charge in [0, 0.05) is 48.1 Å². The summed E-state index contributed by atoms with van der Waals surface area (Å²) in [5.41, 5.74) is -3.57. The minimum absolute atomic E-state index is 0.0238. The number of phenols is 5. The number of ether oxygens (including phenoxy) is 8. The first-order valence-electron chi connectivity index (χ1n) is 32.0. The average Bonchev–Trinajstić information content (AvgIpc) is 0.833. The molecule has 0 aromatic heterocycles. The summed E-state index contributed by atoms with van der Waals surface area (Å²) in [5, 5.41) is 87.3. The van der Waals surface area contributed by atoms with E-state index < -0.39 is 195 Å². The number of aliphatic hydroxyl groups is 1. The number of phenolic OH excluding ortho intramolecular Hbond substituents is 5. The van der Waals surface area contributed by atoms with Crippen LogP contribution in [0.4, 0.5) is 4.79 Å². The summed E-state index contributed by atoms with van der Waals surface area (Å²) in [6, 6.07) is 7.21. The highest BCUT2D eigenvalue weighted by Gasteiger charge is 2.44. The predicted molar refractivity (Wildman–Crippen MR) is 356 cm³/mol. The number of cyclic esters (lactones) is 2. The Bertz CT molecular complexity index is 4800. The summed E-state index contributed by atoms with van der Waals surface area (Å²) >= 11 is 14.2. The van der Waals surface area contributed by atoms with Crippen molar-refractivity contribution in [3.8, 4) is 80.1 Å². The Balaban J connectivity index is 1.03. The molecule has 8 aliphatic rings. The van der Waals surface area contributed by atoms with Gasteiger partial charge in [0.05, 0.1) is 23.3 Å². The standard InChI is InChI=1S/C71H61Cl2N7O24/c1-71(2,3)104-70(96)80-54-30-6-9-43(84)49(22-30)99-36-19-32(18-34(81)25-36)55-64(90)77-56-33-23-50(100-45-10-4-28(16-39(45)72)17-41(61(87)75-55)74-62(54)88)60(102-47-12-14-97-67(47)93)51(24-33)101-46-11-7-31(21-40(46)73)59(86)58-66(92)78-57(69(95)103-48-13-15-98-68(48)94)38-26-35(82)27-44(85)52(38)37-20-29(5-8-42(37)83)53(63(89)79-58)76-65(56)91/h4-11,16,18-27,41,47-48,53-59,81-86H,12-15,17H2,1-3H3,(H,74,88)(H,75,87)(H,76,91)(H,77,90)(H,78,92)(H,79,89)(H,80,96)/t41-,47?,48?,53-,54+,55+,56-,57-,58+,59-/m1/s1. The summed E-state index contributed by atoms with van der Waals surface area (Å²) < 4.78 is 47.1. The van der Waals surface area contributed by atoms with Crippen LogP contribution in [0.2, 0.25) is 10.0 Å². The van der Waals surface area contributed by atoms with Crippen molar-refractivity contribution in [2.75, 3.05) is 13.2 Å². The topological polar surface area (TPSA) is 450 Å². The number of nitrogens with one attached hydrogen (secondary N) is 7. The summed E-state index contributed by atoms with van der Waals surface area (Å²) in [6.07, 6.45) is -6.86. The maximum absolute atomic E-state index is 16.2. The number of fused-ring (bicyclic) bond motifs is 14. The molecule has 2 saturated heterocycles. The first-order chi connectivity index (χ1) is 49.5. The Morgan fingerprint density at radius 1 is 0.529 bits per heavy atom. The first kappa shape index (κ1) is 70.2. The number of alkyl carbamates (subject to hydrolysis) is 1. The molecule has 0 radical (unpaired) electrons. The van der Waals surface area contributed by atoms with E-state index in [2.05, 4.69) is 37.2 Å². The van der Waals surface area contributed by atoms with Crippen LogP contribution < -0.4 is 56.2 Å². The fourth-order valence-corrected chi connectivity index (χ4v) is 12.9. The summed E-state index contributed by atoms with van der Waals surface area (Å²) in [4.78, 5) is 148. The van der Waals surface area contributed by atoms with Gasteiger partial charge in [0.2, 0.25) is 47.3 Å². The molecule has 10 atom stereocenters. The van der Waals surface area contributed by atoms with Crippen molar-refractivity contribution in [2.45, 2.75) is 106 Å². The van der Waals surface area contributed by atoms with Gasteiger partial charge in [-0.2, -0.15) is 0 Å². The van der Waals surface area contributed by atoms with Crippen molar-refractivity contribution < 1.29 is 116 Å². The third-order valence-corrected chi connectivity index (χ3v) is 17.9. The van der Waals surface area contributed by atoms with E-state index in [0.717, 1.165) is 66.7 Å². The van der Waals surface area contributed by atoms with Crippen molar-refractivity contribution in [1.82, 2.24) is 37.2 Å². The summed E-state index contributed by atoms with van der Waals surface area (Å²) in [5.74, 6) is -16.8. The molecule has 7 aromatic carbocycles. The molecular weight excluding hydrogens is 1410 g/mol. The molecule has 0 aliphatic carbocycles. The van der Waals surface area contributed by atoms with Gasteiger partial charge < -0.3 is 106 Å². The lowest BCUT2D eigenvalue weighted by atomic mass is 9.89. The molecule has 15 rings (SSSR count). The molecule has 31 nitrogen and oxygen atoms in total. The molecule has 538 valence electrons. The van der Waals surface area contributed by atoms with Gasteiger partial charge in [-0.05, 0) is 133 Å². The van der Waals surface area contributed by atoms with Gasteiger partial charge in [0.15, 0.2) is 35.1 Å². The highest BCUT2D eigenvalue weighted by atomic mass is 35.5. The van der Waals surface area contributed by atoms with Crippen LogP contribution in [0.15, 0.2) is 115 Å². The number of hydrogen-bond donors (Lipinski definition) is 13. The first-order valence-corrected chi connectivity index (χ1v) is 32.8. The van der Waals surface area contributed by atoms with E-state index in [-0.39, 0.29) is 92.5 Å². The smallest absolute Gasteiger partial charge is 0.408 e. The highest BCUT2D eigenvalue weighted by molar-refractivity contribution is 6.32. The van der Waals surface area contributed by atoms with Crippen LogP contribution >= 0.6 is 23.2 Å². The predicted octanol–water partition coefficient (Wildman–Crippen LogP) is 6.31. The molecule has 13 N–H and O–H groups in total. The molecular formula is C71H61Cl2N7O24. The largest absolute Gasteiger partial charge is 0.508 e. The lowest BCUT2D eigenvalue weighted by Gasteiger charge is -2.31. The normalized spacial score (nSPS) is 23.0. The van der Waals surface area contributed by atoms with E-state index in [9.17, 15) is 54.6 Å². The van der Waals surface area contributed by atoms with Crippen molar-refractivity contribution in [1.29, 1.82) is 0 Å². The van der Waals surface area contributed by atoms with E-state index in [1.54, 1.807) is 20.8 Å². The molecule has 8 aliphatic heterocycles. The maximum Gasteiger partial charge on any atom is 0.408 e. The van der Waals surface area contributed by atoms with Gasteiger partial charge in [-0.25, -0.2) is 19.2 Å². The van der Waals surface area contributed by atoms with Crippen LogP contribution in [0.25, 0.3) is 11.1 Å². The number of benzene rings is 7. The molecule has 7 aromatic rings. The Kier molecular flexibility index (Phi) is 18.9. The van der Waals surface area contributed by atoms with Crippen LogP contribution in [0.3, 0.4) is 0 Å². The van der Waals surface area contributed by atoms with Crippen LogP contribution in [0, 0.1) is 0 Å². The zero-order valence-electron chi connectivity index (χ0n) is 54.6. The van der Waals surface area contributed by atoms with Crippen molar-refractivity contribution in [3.05, 3.63) is 164 Å². The van der Waals surface area contributed by atoms with Crippen LogP contribution in [0.5, 0.6) is 69.0 Å². The quantitative estimate of drug-likeness (QED) is 0.0662. The van der Waals surface area contributed by atoms with Crippen molar-refractivity contribution in [2.24, 2.45) is 0 Å². The average molecular weight is 1470 g/mol. The Morgan fingerprint density at radius 2 is 1.12 bits per heavy atom. The Labute approximate surface area is 597 Å². The number of aromatic hydroxyl groups is 5. The number of halogens is 2. The number of aliphatic hydroxyl groups excluding tert-OH is 1. The minimum atomic E-state index is -2.28. The lowest BCUT2D eigenvalue weighted by Crippen LogP contribution is -2.55. The number of rotatable bonds is 5. The molecule has 0 saturated carbocycles. The molecule has 8 heterocycles. The second-order valence-corrected chi connectivity index (χ2v) is 26.6. The van der Waals surface area contributed by atoms with E-state index >= 15 is 24.0 Å². The summed E-state index contributed by atoms with van der Waals surface area (Å²) in [6.45, 7) is 4.43. The molecule has 2 unspecified atom stereocenters. The Hall–Kier alpha value is -12.2. The third kappa shape index (κ3) is 14.5. The maximum atomic E-state index is 16.2. The van der Waals surface area contributed by atoms with Gasteiger partial charge in [-0.3, -0.25) is 28.8 Å². The fraction of sp³-hybridized carbons (Fsp3) is 0.268. The molecule has 7 amide bonds. The zero-order chi connectivity index (χ0) is 73.9. The number of esters is 3. The van der Waals surface area contributed by atoms with E-state index in [1.807, 2.05) is 0 Å². The van der Waals surface area contributed by atoms with Crippen LogP contribution in [-0.2, 0) is 68.5 Å². The zero-order valence-corrected chi connectivity index (χ0v) is 56.1. The second kappa shape index (κ2) is 28.0. The highest BCUT2D eigenvalue weighted by Crippen LogP contribution is 2.50. The SMILES string of the molecule is CC(C)(C)OC(=O)N[C@@H]1C(=O)N[C@@H]2Cc3ccc(c(Cl)c3)Oc3cc4cc(c3OC3CCOC3=O)Oc3ccc(cc3Cl)[C@@H](O)[C@@H]3NC(=O)[C@H](NC(=O)[C@@H]4NC(=O)[C@@H](NC2=O)c2cc(O)cc(c2)Oc2cc1ccc2O)c1ccc(O)c(c1)-c1c(O)cc(O)cc1[C@H](C(=O)OC1CCOC1=O)NC3=O. The monoisotopic (exact) mass is 1470 g/mol. The van der Waals surface area contributed by atoms with Crippen molar-refractivity contribution in [3.63, 3.8) is 0 Å². The van der Waals surface area contributed by atoms with Crippen LogP contribution in [-0.4, -0.2) is 133 Å². The molecule has 2 fully saturated rings. The van der Waals surface area contributed by atoms with Crippen molar-refractivity contribution >= 4 is 82.6 Å². The van der Waals surface area contributed by atoms with Gasteiger partial charge in [0.25, 0.3) is 0 Å². The van der Waals surface area contributed by atoms with E-state index in [4.69, 9.17) is 61.1 Å². The second-order valence-electron chi connectivity index (χ2n) is 25.8. The fourth-order valence-electron chi connectivity index (χ4n) is 12.4. The molecule has 104 heavy (non-hydrogen) atoms. The van der Waals surface area contributed by atoms with Gasteiger partial charge in [-0.1, -0.05) is 47.5 Å².